The van der Waals surface area contributed by atoms with Crippen molar-refractivity contribution in [3.63, 3.8) is 0 Å². The molecule has 3 rings (SSSR count). The summed E-state index contributed by atoms with van der Waals surface area (Å²) in [6.07, 6.45) is -0.943. The van der Waals surface area contributed by atoms with Crippen molar-refractivity contribution in [2.24, 2.45) is 0 Å². The lowest BCUT2D eigenvalue weighted by atomic mass is 10.0. The molecule has 9 heteroatoms. The Balaban J connectivity index is 1.68. The molecule has 0 saturated heterocycles. The molecular weight excluding hydrogens is 356 g/mol. The molecule has 1 aromatic carbocycles. The van der Waals surface area contributed by atoms with Crippen molar-refractivity contribution < 1.29 is 33.3 Å². The standard InChI is InChI=1S/C18H20N2O7/c1-3-24-17(22)15-10(2)19-18(23)20-11(15)8-26-16(21)14-9-25-12-6-4-5-7-13(12)27-14/h4-7,10,14H,3,8-9H2,1-2H3,(H2,19,20,23)/t10-,14-/m0/s1. The molecule has 0 radical (unpaired) electrons. The number of esters is 2. The number of ether oxygens (including phenoxy) is 4. The SMILES string of the molecule is CCOC(=O)C1=C(COC(=O)[C@@H]2COc3ccccc3O2)NC(=O)N[C@H]1C. The molecular formula is C18H20N2O7. The number of amides is 2. The average Bonchev–Trinajstić information content (AvgIpc) is 2.65. The second-order valence-corrected chi connectivity index (χ2v) is 5.90. The molecule has 0 aromatic heterocycles. The minimum atomic E-state index is -0.943. The molecule has 2 atom stereocenters. The van der Waals surface area contributed by atoms with Gasteiger partial charge in [-0.2, -0.15) is 0 Å². The highest BCUT2D eigenvalue weighted by Crippen LogP contribution is 2.31. The zero-order valence-electron chi connectivity index (χ0n) is 14.9. The lowest BCUT2D eigenvalue weighted by Crippen LogP contribution is -2.50. The van der Waals surface area contributed by atoms with Crippen LogP contribution in [-0.4, -0.2) is 49.9 Å². The van der Waals surface area contributed by atoms with Gasteiger partial charge < -0.3 is 29.6 Å². The van der Waals surface area contributed by atoms with Crippen LogP contribution in [0.2, 0.25) is 0 Å². The molecule has 0 bridgehead atoms. The molecule has 2 aliphatic heterocycles. The largest absolute Gasteiger partial charge is 0.485 e. The Kier molecular flexibility index (Phi) is 5.49. The Labute approximate surface area is 155 Å². The normalized spacial score (nSPS) is 21.0. The summed E-state index contributed by atoms with van der Waals surface area (Å²) in [5, 5.41) is 5.06. The quantitative estimate of drug-likeness (QED) is 0.734. The van der Waals surface area contributed by atoms with Crippen LogP contribution in [0.1, 0.15) is 13.8 Å². The number of carbonyl (C=O) groups is 3. The fraction of sp³-hybridized carbons (Fsp3) is 0.389. The van der Waals surface area contributed by atoms with Gasteiger partial charge in [0.25, 0.3) is 0 Å². The number of fused-ring (bicyclic) bond motifs is 1. The molecule has 0 unspecified atom stereocenters. The number of carbonyl (C=O) groups excluding carboxylic acids is 3. The molecule has 2 aliphatic rings. The monoisotopic (exact) mass is 376 g/mol. The van der Waals surface area contributed by atoms with Crippen molar-refractivity contribution in [2.75, 3.05) is 19.8 Å². The van der Waals surface area contributed by atoms with Crippen LogP contribution in [0.3, 0.4) is 0 Å². The summed E-state index contributed by atoms with van der Waals surface area (Å²) in [6.45, 7) is 3.21. The van der Waals surface area contributed by atoms with Crippen LogP contribution in [0.15, 0.2) is 35.5 Å². The van der Waals surface area contributed by atoms with Gasteiger partial charge in [-0.05, 0) is 26.0 Å². The van der Waals surface area contributed by atoms with Crippen LogP contribution in [0.25, 0.3) is 0 Å². The topological polar surface area (TPSA) is 112 Å². The number of hydrogen-bond acceptors (Lipinski definition) is 7. The van der Waals surface area contributed by atoms with E-state index in [-0.39, 0.29) is 31.1 Å². The first-order chi connectivity index (χ1) is 13.0. The summed E-state index contributed by atoms with van der Waals surface area (Å²) in [6, 6.07) is 5.91. The molecule has 27 heavy (non-hydrogen) atoms. The van der Waals surface area contributed by atoms with Crippen molar-refractivity contribution in [2.45, 2.75) is 26.0 Å². The van der Waals surface area contributed by atoms with E-state index in [0.29, 0.717) is 11.5 Å². The second-order valence-electron chi connectivity index (χ2n) is 5.90. The van der Waals surface area contributed by atoms with Crippen LogP contribution < -0.4 is 20.1 Å². The van der Waals surface area contributed by atoms with Crippen LogP contribution in [0.5, 0.6) is 11.5 Å². The van der Waals surface area contributed by atoms with Crippen LogP contribution >= 0.6 is 0 Å². The van der Waals surface area contributed by atoms with Crippen molar-refractivity contribution >= 4 is 18.0 Å². The number of hydrogen-bond donors (Lipinski definition) is 2. The first kappa shape index (κ1) is 18.6. The third-order valence-corrected chi connectivity index (χ3v) is 4.00. The summed E-state index contributed by atoms with van der Waals surface area (Å²) < 4.78 is 21.3. The van der Waals surface area contributed by atoms with Gasteiger partial charge in [0, 0.05) is 0 Å². The first-order valence-corrected chi connectivity index (χ1v) is 8.52. The highest BCUT2D eigenvalue weighted by Gasteiger charge is 2.32. The fourth-order valence-corrected chi connectivity index (χ4v) is 2.77. The second kappa shape index (κ2) is 7.98. The maximum atomic E-state index is 12.3. The Morgan fingerprint density at radius 3 is 2.70 bits per heavy atom. The molecule has 2 N–H and O–H groups in total. The highest BCUT2D eigenvalue weighted by atomic mass is 16.6. The molecule has 144 valence electrons. The molecule has 2 heterocycles. The van der Waals surface area contributed by atoms with Gasteiger partial charge in [0.2, 0.25) is 6.10 Å². The van der Waals surface area contributed by atoms with E-state index < -0.39 is 30.1 Å². The molecule has 0 aliphatic carbocycles. The van der Waals surface area contributed by atoms with Crippen molar-refractivity contribution in [3.05, 3.63) is 35.5 Å². The van der Waals surface area contributed by atoms with E-state index in [4.69, 9.17) is 18.9 Å². The zero-order chi connectivity index (χ0) is 19.4. The van der Waals surface area contributed by atoms with Crippen LogP contribution in [0.4, 0.5) is 4.79 Å². The van der Waals surface area contributed by atoms with Crippen LogP contribution in [-0.2, 0) is 19.1 Å². The van der Waals surface area contributed by atoms with E-state index in [1.54, 1.807) is 38.1 Å². The fourth-order valence-electron chi connectivity index (χ4n) is 2.77. The number of rotatable bonds is 5. The van der Waals surface area contributed by atoms with Gasteiger partial charge in [0.15, 0.2) is 11.5 Å². The third-order valence-electron chi connectivity index (χ3n) is 4.00. The molecule has 0 saturated carbocycles. The zero-order valence-corrected chi connectivity index (χ0v) is 14.9. The third kappa shape index (κ3) is 4.13. The number of benzene rings is 1. The first-order valence-electron chi connectivity index (χ1n) is 8.52. The van der Waals surface area contributed by atoms with Crippen molar-refractivity contribution in [3.8, 4) is 11.5 Å². The van der Waals surface area contributed by atoms with E-state index >= 15 is 0 Å². The van der Waals surface area contributed by atoms with E-state index in [0.717, 1.165) is 0 Å². The molecule has 2 amide bonds. The number of para-hydroxylation sites is 2. The van der Waals surface area contributed by atoms with Gasteiger partial charge in [-0.3, -0.25) is 0 Å². The van der Waals surface area contributed by atoms with E-state index in [9.17, 15) is 14.4 Å². The lowest BCUT2D eigenvalue weighted by Gasteiger charge is -2.27. The summed E-state index contributed by atoms with van der Waals surface area (Å²) >= 11 is 0. The molecule has 0 spiro atoms. The predicted octanol–water partition coefficient (Wildman–Crippen LogP) is 0.888. The summed E-state index contributed by atoms with van der Waals surface area (Å²) in [5.41, 5.74) is 0.380. The smallest absolute Gasteiger partial charge is 0.351 e. The Bertz CT molecular complexity index is 790. The Morgan fingerprint density at radius 2 is 1.96 bits per heavy atom. The summed E-state index contributed by atoms with van der Waals surface area (Å²) in [5.74, 6) is -0.260. The lowest BCUT2D eigenvalue weighted by molar-refractivity contribution is -0.153. The van der Waals surface area contributed by atoms with Gasteiger partial charge in [0.05, 0.1) is 23.9 Å². The van der Waals surface area contributed by atoms with Gasteiger partial charge in [-0.1, -0.05) is 12.1 Å². The predicted molar refractivity (Wildman–Crippen MR) is 92.1 cm³/mol. The molecule has 1 aromatic rings. The van der Waals surface area contributed by atoms with E-state index in [2.05, 4.69) is 10.6 Å². The molecule has 0 fully saturated rings. The maximum absolute atomic E-state index is 12.3. The van der Waals surface area contributed by atoms with E-state index in [1.165, 1.54) is 0 Å². The minimum Gasteiger partial charge on any atom is -0.485 e. The number of nitrogens with one attached hydrogen (secondary N) is 2. The van der Waals surface area contributed by atoms with Gasteiger partial charge in [-0.25, -0.2) is 14.4 Å². The Hall–Kier alpha value is -3.23. The van der Waals surface area contributed by atoms with Gasteiger partial charge >= 0.3 is 18.0 Å². The Morgan fingerprint density at radius 1 is 1.22 bits per heavy atom. The molecule has 9 nitrogen and oxygen atoms in total. The summed E-state index contributed by atoms with van der Waals surface area (Å²) in [7, 11) is 0. The van der Waals surface area contributed by atoms with Gasteiger partial charge in [0.1, 0.15) is 13.2 Å². The minimum absolute atomic E-state index is 0.00391. The maximum Gasteiger partial charge on any atom is 0.351 e. The highest BCUT2D eigenvalue weighted by molar-refractivity contribution is 5.94. The van der Waals surface area contributed by atoms with Crippen molar-refractivity contribution in [1.29, 1.82) is 0 Å². The van der Waals surface area contributed by atoms with Crippen LogP contribution in [0, 0.1) is 0 Å². The van der Waals surface area contributed by atoms with E-state index in [1.807, 2.05) is 0 Å². The average molecular weight is 376 g/mol. The van der Waals surface area contributed by atoms with Gasteiger partial charge in [-0.15, -0.1) is 0 Å². The van der Waals surface area contributed by atoms with Crippen molar-refractivity contribution in [1.82, 2.24) is 10.6 Å². The number of urea groups is 1. The summed E-state index contributed by atoms with van der Waals surface area (Å²) in [4.78, 5) is 36.2.